The Kier molecular flexibility index (Phi) is 4.53. The lowest BCUT2D eigenvalue weighted by Crippen LogP contribution is -2.53. The van der Waals surface area contributed by atoms with Crippen LogP contribution in [-0.4, -0.2) is 28.6 Å². The van der Waals surface area contributed by atoms with E-state index in [1.54, 1.807) is 12.1 Å². The Morgan fingerprint density at radius 2 is 1.76 bits per heavy atom. The molecule has 0 bridgehead atoms. The van der Waals surface area contributed by atoms with Gasteiger partial charge in [-0.05, 0) is 50.9 Å². The van der Waals surface area contributed by atoms with Gasteiger partial charge >= 0.3 is 0 Å². The van der Waals surface area contributed by atoms with E-state index >= 15 is 0 Å². The molecule has 1 saturated carbocycles. The molecule has 2 aliphatic rings. The quantitative estimate of drug-likeness (QED) is 0.899. The Morgan fingerprint density at radius 3 is 2.38 bits per heavy atom. The third kappa shape index (κ3) is 2.84. The largest absolute Gasteiger partial charge is 0.386 e. The lowest BCUT2D eigenvalue weighted by atomic mass is 9.82. The summed E-state index contributed by atoms with van der Waals surface area (Å²) < 4.78 is 14.2. The molecule has 0 amide bonds. The molecule has 3 rings (SSSR count). The van der Waals surface area contributed by atoms with Crippen LogP contribution < -0.4 is 0 Å². The van der Waals surface area contributed by atoms with Gasteiger partial charge in [0.25, 0.3) is 0 Å². The van der Waals surface area contributed by atoms with Gasteiger partial charge in [0, 0.05) is 10.6 Å². The summed E-state index contributed by atoms with van der Waals surface area (Å²) in [5.74, 6) is -0.390. The normalized spacial score (nSPS) is 24.1. The summed E-state index contributed by atoms with van der Waals surface area (Å²) in [4.78, 5) is 2.42. The van der Waals surface area contributed by atoms with Crippen molar-refractivity contribution in [1.29, 1.82) is 0 Å². The van der Waals surface area contributed by atoms with Crippen molar-refractivity contribution in [2.75, 3.05) is 13.1 Å². The third-order valence-corrected chi connectivity index (χ3v) is 5.46. The van der Waals surface area contributed by atoms with Gasteiger partial charge < -0.3 is 5.11 Å². The van der Waals surface area contributed by atoms with Crippen molar-refractivity contribution >= 4 is 11.6 Å². The first-order chi connectivity index (χ1) is 10.1. The number of hydrogen-bond donors (Lipinski definition) is 1. The van der Waals surface area contributed by atoms with E-state index in [9.17, 15) is 9.50 Å². The molecule has 1 aromatic carbocycles. The second kappa shape index (κ2) is 6.23. The fourth-order valence-corrected chi connectivity index (χ4v) is 4.26. The molecule has 1 atom stereocenters. The number of aliphatic hydroxyl groups is 1. The van der Waals surface area contributed by atoms with Crippen LogP contribution in [0.1, 0.15) is 56.6 Å². The average Bonchev–Trinajstić information content (AvgIpc) is 2.98. The van der Waals surface area contributed by atoms with E-state index in [1.807, 2.05) is 0 Å². The molecule has 0 aromatic heterocycles. The fourth-order valence-electron chi connectivity index (χ4n) is 4.10. The fraction of sp³-hybridized carbons (Fsp3) is 0.647. The molecule has 1 N–H and O–H groups in total. The van der Waals surface area contributed by atoms with Crippen LogP contribution in [0.5, 0.6) is 0 Å². The topological polar surface area (TPSA) is 23.5 Å². The Bertz CT molecular complexity index is 496. The Hall–Kier alpha value is -0.640. The SMILES string of the molecule is OC(c1ccc(Cl)cc1F)C1(N2CCCCC2)CCCC1. The van der Waals surface area contributed by atoms with E-state index < -0.39 is 11.9 Å². The first kappa shape index (κ1) is 15.3. The van der Waals surface area contributed by atoms with Crippen LogP contribution in [0.2, 0.25) is 5.02 Å². The molecule has 1 saturated heterocycles. The average molecular weight is 312 g/mol. The molecule has 1 heterocycles. The summed E-state index contributed by atoms with van der Waals surface area (Å²) in [5, 5.41) is 11.3. The highest BCUT2D eigenvalue weighted by Gasteiger charge is 2.46. The zero-order valence-corrected chi connectivity index (χ0v) is 13.1. The van der Waals surface area contributed by atoms with Crippen LogP contribution >= 0.6 is 11.6 Å². The number of hydrogen-bond acceptors (Lipinski definition) is 2. The molecule has 4 heteroatoms. The maximum Gasteiger partial charge on any atom is 0.130 e. The lowest BCUT2D eigenvalue weighted by molar-refractivity contribution is -0.0420. The van der Waals surface area contributed by atoms with E-state index in [0.717, 1.165) is 38.8 Å². The van der Waals surface area contributed by atoms with E-state index in [-0.39, 0.29) is 5.54 Å². The third-order valence-electron chi connectivity index (χ3n) is 5.22. The lowest BCUT2D eigenvalue weighted by Gasteiger charge is -2.46. The molecule has 2 fully saturated rings. The van der Waals surface area contributed by atoms with Crippen LogP contribution in [0.25, 0.3) is 0 Å². The van der Waals surface area contributed by atoms with Gasteiger partial charge in [-0.25, -0.2) is 4.39 Å². The smallest absolute Gasteiger partial charge is 0.130 e. The second-order valence-electron chi connectivity index (χ2n) is 6.43. The Morgan fingerprint density at radius 1 is 1.10 bits per heavy atom. The molecule has 1 unspecified atom stereocenters. The minimum absolute atomic E-state index is 0.283. The van der Waals surface area contributed by atoms with Crippen molar-refractivity contribution in [1.82, 2.24) is 4.90 Å². The standard InChI is InChI=1S/C17H23ClFNO/c18-13-6-7-14(15(19)12-13)16(21)17(8-2-3-9-17)20-10-4-1-5-11-20/h6-7,12,16,21H,1-5,8-11H2. The van der Waals surface area contributed by atoms with Gasteiger partial charge in [0.2, 0.25) is 0 Å². The van der Waals surface area contributed by atoms with Crippen molar-refractivity contribution in [3.05, 3.63) is 34.6 Å². The summed E-state index contributed by atoms with van der Waals surface area (Å²) in [6.07, 6.45) is 6.99. The van der Waals surface area contributed by atoms with Crippen LogP contribution in [0.15, 0.2) is 18.2 Å². The van der Waals surface area contributed by atoms with Crippen molar-refractivity contribution in [3.63, 3.8) is 0 Å². The highest BCUT2D eigenvalue weighted by Crippen LogP contribution is 2.46. The second-order valence-corrected chi connectivity index (χ2v) is 6.86. The number of likely N-dealkylation sites (tertiary alicyclic amines) is 1. The van der Waals surface area contributed by atoms with Crippen molar-refractivity contribution < 1.29 is 9.50 Å². The molecule has 1 aromatic rings. The molecular formula is C17H23ClFNO. The van der Waals surface area contributed by atoms with Crippen molar-refractivity contribution in [3.8, 4) is 0 Å². The monoisotopic (exact) mass is 311 g/mol. The van der Waals surface area contributed by atoms with Crippen LogP contribution in [-0.2, 0) is 0 Å². The Labute approximate surface area is 130 Å². The highest BCUT2D eigenvalue weighted by atomic mass is 35.5. The van der Waals surface area contributed by atoms with Crippen molar-refractivity contribution in [2.45, 2.75) is 56.6 Å². The highest BCUT2D eigenvalue weighted by molar-refractivity contribution is 6.30. The summed E-state index contributed by atoms with van der Waals surface area (Å²) in [6.45, 7) is 2.04. The number of rotatable bonds is 3. The minimum atomic E-state index is -0.768. The molecular weight excluding hydrogens is 289 g/mol. The van der Waals surface area contributed by atoms with Gasteiger partial charge in [0.15, 0.2) is 0 Å². The number of piperidine rings is 1. The number of halogens is 2. The first-order valence-electron chi connectivity index (χ1n) is 8.01. The van der Waals surface area contributed by atoms with E-state index in [0.29, 0.717) is 10.6 Å². The molecule has 1 aliphatic heterocycles. The maximum atomic E-state index is 14.2. The predicted octanol–water partition coefficient (Wildman–Crippen LogP) is 4.31. The number of nitrogens with zero attached hydrogens (tertiary/aromatic N) is 1. The van der Waals surface area contributed by atoms with Gasteiger partial charge in [-0.15, -0.1) is 0 Å². The molecule has 2 nitrogen and oxygen atoms in total. The van der Waals surface area contributed by atoms with Crippen molar-refractivity contribution in [2.24, 2.45) is 0 Å². The van der Waals surface area contributed by atoms with Gasteiger partial charge in [0.05, 0.1) is 5.54 Å². The van der Waals surface area contributed by atoms with Gasteiger partial charge in [0.1, 0.15) is 11.9 Å². The molecule has 21 heavy (non-hydrogen) atoms. The van der Waals surface area contributed by atoms with Crippen LogP contribution in [0, 0.1) is 5.82 Å². The summed E-state index contributed by atoms with van der Waals surface area (Å²) in [6, 6.07) is 4.62. The molecule has 116 valence electrons. The van der Waals surface area contributed by atoms with Crippen LogP contribution in [0.3, 0.4) is 0 Å². The summed E-state index contributed by atoms with van der Waals surface area (Å²) in [5.41, 5.74) is 0.113. The minimum Gasteiger partial charge on any atom is -0.386 e. The summed E-state index contributed by atoms with van der Waals surface area (Å²) in [7, 11) is 0. The molecule has 0 radical (unpaired) electrons. The zero-order chi connectivity index (χ0) is 14.9. The zero-order valence-electron chi connectivity index (χ0n) is 12.3. The first-order valence-corrected chi connectivity index (χ1v) is 8.39. The van der Waals surface area contributed by atoms with Crippen LogP contribution in [0.4, 0.5) is 4.39 Å². The van der Waals surface area contributed by atoms with E-state index in [4.69, 9.17) is 11.6 Å². The molecule has 0 spiro atoms. The number of benzene rings is 1. The maximum absolute atomic E-state index is 14.2. The predicted molar refractivity (Wildman–Crippen MR) is 83.0 cm³/mol. The van der Waals surface area contributed by atoms with Gasteiger partial charge in [-0.1, -0.05) is 36.9 Å². The number of aliphatic hydroxyl groups excluding tert-OH is 1. The van der Waals surface area contributed by atoms with E-state index in [1.165, 1.54) is 25.3 Å². The van der Waals surface area contributed by atoms with Gasteiger partial charge in [-0.2, -0.15) is 0 Å². The molecule has 1 aliphatic carbocycles. The summed E-state index contributed by atoms with van der Waals surface area (Å²) >= 11 is 5.83. The van der Waals surface area contributed by atoms with E-state index in [2.05, 4.69) is 4.90 Å². The Balaban J connectivity index is 1.92. The van der Waals surface area contributed by atoms with Gasteiger partial charge in [-0.3, -0.25) is 4.90 Å².